The minimum atomic E-state index is -0.512. The molecule has 0 aliphatic carbocycles. The van der Waals surface area contributed by atoms with Crippen molar-refractivity contribution < 1.29 is 14.3 Å². The number of nitrogens with zero attached hydrogens (tertiary/aromatic N) is 2. The number of thiazole rings is 1. The van der Waals surface area contributed by atoms with Gasteiger partial charge in [-0.3, -0.25) is 4.90 Å². The minimum absolute atomic E-state index is 0.0386. The van der Waals surface area contributed by atoms with Gasteiger partial charge in [0.2, 0.25) is 0 Å². The van der Waals surface area contributed by atoms with E-state index in [0.717, 1.165) is 51.2 Å². The Morgan fingerprint density at radius 3 is 2.54 bits per heavy atom. The molecule has 1 aliphatic rings. The van der Waals surface area contributed by atoms with Gasteiger partial charge in [-0.15, -0.1) is 11.3 Å². The largest absolute Gasteiger partial charge is 0.488 e. The zero-order valence-electron chi connectivity index (χ0n) is 20.4. The number of likely N-dealkylation sites (tertiary alicyclic amines) is 1. The van der Waals surface area contributed by atoms with E-state index in [0.29, 0.717) is 13.2 Å². The Labute approximate surface area is 210 Å². The van der Waals surface area contributed by atoms with Crippen molar-refractivity contribution in [2.75, 3.05) is 6.54 Å². The lowest BCUT2D eigenvalue weighted by Crippen LogP contribution is -2.36. The summed E-state index contributed by atoms with van der Waals surface area (Å²) in [6.07, 6.45) is 1.59. The Morgan fingerprint density at radius 2 is 1.77 bits per heavy atom. The zero-order chi connectivity index (χ0) is 24.4. The second-order valence-corrected chi connectivity index (χ2v) is 10.7. The topological polar surface area (TPSA) is 51.7 Å². The van der Waals surface area contributed by atoms with E-state index in [1.807, 2.05) is 62.1 Å². The van der Waals surface area contributed by atoms with Crippen molar-refractivity contribution in [2.24, 2.45) is 0 Å². The Bertz CT molecular complexity index is 1330. The lowest BCUT2D eigenvalue weighted by Gasteiger charge is -2.27. The van der Waals surface area contributed by atoms with Crippen LogP contribution < -0.4 is 4.74 Å². The molecule has 1 aromatic heterocycles. The second-order valence-electron chi connectivity index (χ2n) is 9.83. The van der Waals surface area contributed by atoms with Crippen molar-refractivity contribution in [3.8, 4) is 17.0 Å². The molecule has 1 aliphatic heterocycles. The predicted molar refractivity (Wildman–Crippen MR) is 141 cm³/mol. The average molecular weight is 487 g/mol. The van der Waals surface area contributed by atoms with Crippen LogP contribution in [0.3, 0.4) is 0 Å². The third kappa shape index (κ3) is 5.17. The van der Waals surface area contributed by atoms with Crippen molar-refractivity contribution in [1.82, 2.24) is 9.88 Å². The molecule has 2 heterocycles. The van der Waals surface area contributed by atoms with E-state index in [4.69, 9.17) is 14.5 Å². The van der Waals surface area contributed by atoms with Crippen LogP contribution in [0.15, 0.2) is 72.1 Å². The van der Waals surface area contributed by atoms with E-state index >= 15 is 0 Å². The van der Waals surface area contributed by atoms with Gasteiger partial charge < -0.3 is 9.47 Å². The molecule has 1 fully saturated rings. The fraction of sp³-hybridized carbons (Fsp3) is 0.310. The molecule has 3 aromatic carbocycles. The zero-order valence-corrected chi connectivity index (χ0v) is 21.2. The number of hydrogen-bond donors (Lipinski definition) is 0. The molecule has 1 saturated heterocycles. The van der Waals surface area contributed by atoms with Crippen molar-refractivity contribution in [2.45, 2.75) is 51.9 Å². The molecular weight excluding hydrogens is 456 g/mol. The summed E-state index contributed by atoms with van der Waals surface area (Å²) < 4.78 is 11.8. The van der Waals surface area contributed by atoms with Crippen molar-refractivity contribution >= 4 is 28.2 Å². The molecule has 6 heteroatoms. The number of hydrogen-bond acceptors (Lipinski definition) is 5. The first kappa shape index (κ1) is 23.4. The van der Waals surface area contributed by atoms with Crippen LogP contribution in [0, 0.1) is 0 Å². The van der Waals surface area contributed by atoms with Gasteiger partial charge in [-0.25, -0.2) is 9.78 Å². The highest BCUT2D eigenvalue weighted by molar-refractivity contribution is 7.10. The average Bonchev–Trinajstić information content (AvgIpc) is 3.52. The van der Waals surface area contributed by atoms with Gasteiger partial charge in [-0.05, 0) is 56.7 Å². The summed E-state index contributed by atoms with van der Waals surface area (Å²) in [5, 5.41) is 5.21. The predicted octanol–water partition coefficient (Wildman–Crippen LogP) is 7.61. The van der Waals surface area contributed by atoms with Crippen LogP contribution in [-0.2, 0) is 11.3 Å². The van der Waals surface area contributed by atoms with Gasteiger partial charge in [0.1, 0.15) is 23.0 Å². The van der Waals surface area contributed by atoms with Gasteiger partial charge >= 0.3 is 6.09 Å². The van der Waals surface area contributed by atoms with Crippen LogP contribution in [0.1, 0.15) is 50.2 Å². The van der Waals surface area contributed by atoms with E-state index < -0.39 is 5.60 Å². The number of carbonyl (C=O) groups is 1. The Morgan fingerprint density at radius 1 is 1.03 bits per heavy atom. The van der Waals surface area contributed by atoms with Gasteiger partial charge in [0.05, 0.1) is 11.7 Å². The van der Waals surface area contributed by atoms with Gasteiger partial charge in [0, 0.05) is 22.9 Å². The molecule has 0 spiro atoms. The van der Waals surface area contributed by atoms with Crippen LogP contribution in [0.25, 0.3) is 22.0 Å². The second kappa shape index (κ2) is 9.70. The Kier molecular flexibility index (Phi) is 6.48. The quantitative estimate of drug-likeness (QED) is 0.291. The van der Waals surface area contributed by atoms with E-state index in [-0.39, 0.29) is 12.1 Å². The monoisotopic (exact) mass is 486 g/mol. The molecule has 0 unspecified atom stereocenters. The summed E-state index contributed by atoms with van der Waals surface area (Å²) in [4.78, 5) is 19.6. The number of aromatic nitrogens is 1. The van der Waals surface area contributed by atoms with Gasteiger partial charge in [0.25, 0.3) is 0 Å². The van der Waals surface area contributed by atoms with E-state index in [1.165, 1.54) is 0 Å². The number of fused-ring (bicyclic) bond motifs is 1. The summed E-state index contributed by atoms with van der Waals surface area (Å²) in [5.41, 5.74) is 2.61. The molecule has 180 valence electrons. The minimum Gasteiger partial charge on any atom is -0.488 e. The summed E-state index contributed by atoms with van der Waals surface area (Å²) in [7, 11) is 0. The molecule has 1 amide bonds. The van der Waals surface area contributed by atoms with Gasteiger partial charge in [0.15, 0.2) is 0 Å². The highest BCUT2D eigenvalue weighted by Crippen LogP contribution is 2.39. The molecule has 5 nitrogen and oxygen atoms in total. The molecule has 0 radical (unpaired) electrons. The van der Waals surface area contributed by atoms with Crippen molar-refractivity contribution in [1.29, 1.82) is 0 Å². The molecular formula is C29H30N2O3S. The SMILES string of the molecule is CC(C)(C)OC(=O)N1CCC[C@H]1c1nc(-c2ccc(OCc3ccccc3)c3ccccc23)cs1. The molecule has 1 atom stereocenters. The van der Waals surface area contributed by atoms with Crippen LogP contribution in [0.2, 0.25) is 0 Å². The highest BCUT2D eigenvalue weighted by atomic mass is 32.1. The third-order valence-corrected chi connectivity index (χ3v) is 7.03. The molecule has 4 aromatic rings. The van der Waals surface area contributed by atoms with E-state index in [2.05, 4.69) is 35.7 Å². The summed E-state index contributed by atoms with van der Waals surface area (Å²) in [5.74, 6) is 0.857. The van der Waals surface area contributed by atoms with Gasteiger partial charge in [-0.1, -0.05) is 54.6 Å². The standard InChI is InChI=1S/C29H30N2O3S/c1-29(2,3)34-28(32)31-17-9-14-25(31)27-30-24(19-35-27)22-15-16-26(23-13-8-7-12-21(22)23)33-18-20-10-5-4-6-11-20/h4-8,10-13,15-16,19,25H,9,14,17-18H2,1-3H3/t25-/m0/s1. The molecule has 0 saturated carbocycles. The van der Waals surface area contributed by atoms with Crippen LogP contribution in [0.5, 0.6) is 5.75 Å². The maximum Gasteiger partial charge on any atom is 0.410 e. The van der Waals surface area contributed by atoms with Crippen LogP contribution in [0.4, 0.5) is 4.79 Å². The number of benzene rings is 3. The van der Waals surface area contributed by atoms with Gasteiger partial charge in [-0.2, -0.15) is 0 Å². The molecule has 0 bridgehead atoms. The normalized spacial score (nSPS) is 16.0. The molecule has 5 rings (SSSR count). The van der Waals surface area contributed by atoms with Crippen molar-refractivity contribution in [3.63, 3.8) is 0 Å². The Hall–Kier alpha value is -3.38. The summed E-state index contributed by atoms with van der Waals surface area (Å²) >= 11 is 1.61. The molecule has 35 heavy (non-hydrogen) atoms. The smallest absolute Gasteiger partial charge is 0.410 e. The maximum atomic E-state index is 12.8. The lowest BCUT2D eigenvalue weighted by atomic mass is 10.0. The van der Waals surface area contributed by atoms with Crippen LogP contribution in [-0.4, -0.2) is 28.1 Å². The van der Waals surface area contributed by atoms with Crippen molar-refractivity contribution in [3.05, 3.63) is 82.7 Å². The van der Waals surface area contributed by atoms with E-state index in [1.54, 1.807) is 11.3 Å². The third-order valence-electron chi connectivity index (χ3n) is 6.08. The highest BCUT2D eigenvalue weighted by Gasteiger charge is 2.35. The number of ether oxygens (including phenoxy) is 2. The summed E-state index contributed by atoms with van der Waals surface area (Å²) in [6, 6.07) is 22.5. The van der Waals surface area contributed by atoms with E-state index in [9.17, 15) is 4.79 Å². The summed E-state index contributed by atoms with van der Waals surface area (Å²) in [6.45, 7) is 6.92. The first-order valence-electron chi connectivity index (χ1n) is 12.0. The molecule has 0 N–H and O–H groups in total. The first-order chi connectivity index (χ1) is 16.9. The number of amides is 1. The number of rotatable bonds is 5. The lowest BCUT2D eigenvalue weighted by molar-refractivity contribution is 0.0224. The number of carbonyl (C=O) groups excluding carboxylic acids is 1. The maximum absolute atomic E-state index is 12.8. The fourth-order valence-corrected chi connectivity index (χ4v) is 5.45. The van der Waals surface area contributed by atoms with Crippen LogP contribution >= 0.6 is 11.3 Å². The fourth-order valence-electron chi connectivity index (χ4n) is 4.48. The first-order valence-corrected chi connectivity index (χ1v) is 12.9. The Balaban J connectivity index is 1.41.